The van der Waals surface area contributed by atoms with E-state index >= 15 is 0 Å². The zero-order valence-corrected chi connectivity index (χ0v) is 23.6. The maximum absolute atomic E-state index is 12.6. The molecule has 0 atom stereocenters. The van der Waals surface area contributed by atoms with Gasteiger partial charge in [-0.15, -0.1) is 0 Å². The maximum Gasteiger partial charge on any atom is 0.408 e. The first kappa shape index (κ1) is 26.8. The Labute approximate surface area is 239 Å². The molecule has 2 amide bonds. The molecule has 2 aliphatic carbocycles. The van der Waals surface area contributed by atoms with Crippen molar-refractivity contribution < 1.29 is 19.1 Å². The van der Waals surface area contributed by atoms with Gasteiger partial charge in [-0.25, -0.2) is 9.78 Å². The summed E-state index contributed by atoms with van der Waals surface area (Å²) in [6.45, 7) is 5.80. The highest BCUT2D eigenvalue weighted by atomic mass is 16.6. The SMILES string of the molecule is CC(C)(C)OC(=O)NC1(c2ccc(-c3nc4nc(OCC5(C(N)=O)CC5)ccn4c3-c3ccccc3)cc2)CCC1. The van der Waals surface area contributed by atoms with Crippen LogP contribution in [0.3, 0.4) is 0 Å². The maximum atomic E-state index is 12.6. The number of nitrogens with two attached hydrogens (primary N) is 1. The van der Waals surface area contributed by atoms with Crippen LogP contribution in [0.1, 0.15) is 58.4 Å². The topological polar surface area (TPSA) is 121 Å². The molecule has 4 aromatic rings. The number of aromatic nitrogens is 3. The van der Waals surface area contributed by atoms with E-state index in [0.29, 0.717) is 11.7 Å². The van der Waals surface area contributed by atoms with Crippen molar-refractivity contribution in [1.82, 2.24) is 19.7 Å². The van der Waals surface area contributed by atoms with Crippen LogP contribution >= 0.6 is 0 Å². The molecule has 9 nitrogen and oxygen atoms in total. The molecule has 3 N–H and O–H groups in total. The highest BCUT2D eigenvalue weighted by Gasteiger charge is 2.49. The molecule has 0 radical (unpaired) electrons. The van der Waals surface area contributed by atoms with Crippen molar-refractivity contribution in [2.75, 3.05) is 6.61 Å². The lowest BCUT2D eigenvalue weighted by Gasteiger charge is -2.43. The average Bonchev–Trinajstić information content (AvgIpc) is 3.62. The van der Waals surface area contributed by atoms with Gasteiger partial charge in [0.15, 0.2) is 0 Å². The van der Waals surface area contributed by atoms with Crippen molar-refractivity contribution in [2.45, 2.75) is 64.0 Å². The smallest absolute Gasteiger partial charge is 0.408 e. The number of carbonyl (C=O) groups excluding carboxylic acids is 2. The molecular formula is C32H35N5O4. The fourth-order valence-corrected chi connectivity index (χ4v) is 5.36. The molecule has 2 aliphatic rings. The Hall–Kier alpha value is -4.40. The summed E-state index contributed by atoms with van der Waals surface area (Å²) in [6.07, 6.45) is 5.72. The van der Waals surface area contributed by atoms with Crippen LogP contribution in [0.5, 0.6) is 5.88 Å². The number of fused-ring (bicyclic) bond motifs is 1. The molecule has 0 bridgehead atoms. The second-order valence-corrected chi connectivity index (χ2v) is 12.2. The van der Waals surface area contributed by atoms with Gasteiger partial charge >= 0.3 is 6.09 Å². The average molecular weight is 554 g/mol. The molecule has 9 heteroatoms. The number of nitrogens with one attached hydrogen (secondary N) is 1. The second-order valence-electron chi connectivity index (χ2n) is 12.2. The molecule has 212 valence electrons. The summed E-state index contributed by atoms with van der Waals surface area (Å²) >= 11 is 0. The van der Waals surface area contributed by atoms with Crippen molar-refractivity contribution in [3.05, 3.63) is 72.4 Å². The fraction of sp³-hybridized carbons (Fsp3) is 0.375. The minimum Gasteiger partial charge on any atom is -0.476 e. The van der Waals surface area contributed by atoms with Gasteiger partial charge in [-0.2, -0.15) is 4.98 Å². The molecule has 2 saturated carbocycles. The molecule has 6 rings (SSSR count). The molecule has 0 spiro atoms. The first-order valence-corrected chi connectivity index (χ1v) is 14.1. The van der Waals surface area contributed by atoms with Gasteiger partial charge in [0.25, 0.3) is 0 Å². The number of alkyl carbamates (subject to hydrolysis) is 1. The van der Waals surface area contributed by atoms with Crippen LogP contribution < -0.4 is 15.8 Å². The van der Waals surface area contributed by atoms with E-state index in [2.05, 4.69) is 22.4 Å². The Morgan fingerprint density at radius 1 is 0.951 bits per heavy atom. The number of imidazole rings is 1. The van der Waals surface area contributed by atoms with E-state index in [-0.39, 0.29) is 12.5 Å². The molecule has 2 aromatic heterocycles. The molecule has 0 unspecified atom stereocenters. The first-order valence-electron chi connectivity index (χ1n) is 14.1. The molecule has 2 aromatic carbocycles. The minimum atomic E-state index is -0.582. The Balaban J connectivity index is 1.32. The summed E-state index contributed by atoms with van der Waals surface area (Å²) in [5.74, 6) is 0.560. The van der Waals surface area contributed by atoms with Crippen LogP contribution in [-0.2, 0) is 15.1 Å². The lowest BCUT2D eigenvalue weighted by atomic mass is 9.71. The minimum absolute atomic E-state index is 0.213. The molecule has 2 heterocycles. The second kappa shape index (κ2) is 9.90. The van der Waals surface area contributed by atoms with Crippen molar-refractivity contribution in [3.8, 4) is 28.4 Å². The summed E-state index contributed by atoms with van der Waals surface area (Å²) in [5.41, 5.74) is 8.65. The molecule has 0 saturated heterocycles. The third-order valence-corrected chi connectivity index (χ3v) is 8.05. The normalized spacial score (nSPS) is 17.0. The van der Waals surface area contributed by atoms with Crippen LogP contribution in [0.25, 0.3) is 28.3 Å². The van der Waals surface area contributed by atoms with Crippen LogP contribution in [-0.4, -0.2) is 38.6 Å². The highest BCUT2D eigenvalue weighted by molar-refractivity contribution is 5.84. The number of carbonyl (C=O) groups is 2. The standard InChI is InChI=1S/C32H35N5O4/c1-30(2,3)41-29(39)36-32(15-7-16-32)23-12-10-21(11-13-23)25-26(22-8-5-4-6-9-22)37-19-14-24(34-28(37)35-25)40-20-31(17-18-31)27(33)38/h4-6,8-14,19H,7,15-18,20H2,1-3H3,(H2,33,38)(H,36,39). The molecular weight excluding hydrogens is 518 g/mol. The number of primary amides is 1. The van der Waals surface area contributed by atoms with E-state index in [9.17, 15) is 9.59 Å². The number of ether oxygens (including phenoxy) is 2. The number of amides is 2. The Morgan fingerprint density at radius 2 is 1.66 bits per heavy atom. The van der Waals surface area contributed by atoms with Gasteiger partial charge in [-0.05, 0) is 58.4 Å². The summed E-state index contributed by atoms with van der Waals surface area (Å²) in [5, 5.41) is 3.13. The predicted molar refractivity (Wildman–Crippen MR) is 155 cm³/mol. The van der Waals surface area contributed by atoms with E-state index in [4.69, 9.17) is 20.2 Å². The van der Waals surface area contributed by atoms with Crippen LogP contribution in [0.4, 0.5) is 4.79 Å². The zero-order chi connectivity index (χ0) is 28.8. The Morgan fingerprint density at radius 3 is 2.24 bits per heavy atom. The number of nitrogens with zero attached hydrogens (tertiary/aromatic N) is 3. The quantitative estimate of drug-likeness (QED) is 0.293. The lowest BCUT2D eigenvalue weighted by Crippen LogP contribution is -2.52. The summed E-state index contributed by atoms with van der Waals surface area (Å²) < 4.78 is 13.4. The van der Waals surface area contributed by atoms with Crippen molar-refractivity contribution in [2.24, 2.45) is 11.1 Å². The van der Waals surface area contributed by atoms with Crippen LogP contribution in [0.15, 0.2) is 66.9 Å². The summed E-state index contributed by atoms with van der Waals surface area (Å²) in [6, 6.07) is 20.1. The monoisotopic (exact) mass is 553 g/mol. The van der Waals surface area contributed by atoms with E-state index in [1.54, 1.807) is 6.07 Å². The fourth-order valence-electron chi connectivity index (χ4n) is 5.36. The Bertz CT molecular complexity index is 1600. The van der Waals surface area contributed by atoms with Gasteiger partial charge < -0.3 is 20.5 Å². The van der Waals surface area contributed by atoms with Crippen molar-refractivity contribution in [1.29, 1.82) is 0 Å². The Kier molecular flexibility index (Phi) is 6.47. The molecule has 0 aliphatic heterocycles. The number of hydrogen-bond donors (Lipinski definition) is 2. The van der Waals surface area contributed by atoms with Gasteiger partial charge in [-0.3, -0.25) is 9.20 Å². The first-order chi connectivity index (χ1) is 19.6. The number of benzene rings is 2. The van der Waals surface area contributed by atoms with Gasteiger partial charge in [0.1, 0.15) is 12.2 Å². The van der Waals surface area contributed by atoms with Crippen LogP contribution in [0.2, 0.25) is 0 Å². The van der Waals surface area contributed by atoms with Crippen molar-refractivity contribution >= 4 is 17.8 Å². The van der Waals surface area contributed by atoms with Gasteiger partial charge in [0.05, 0.1) is 22.3 Å². The summed E-state index contributed by atoms with van der Waals surface area (Å²) in [7, 11) is 0. The van der Waals surface area contributed by atoms with E-state index in [1.807, 2.05) is 73.8 Å². The van der Waals surface area contributed by atoms with E-state index in [1.165, 1.54) is 0 Å². The van der Waals surface area contributed by atoms with Crippen molar-refractivity contribution in [3.63, 3.8) is 0 Å². The number of hydrogen-bond acceptors (Lipinski definition) is 6. The third kappa shape index (κ3) is 5.24. The van der Waals surface area contributed by atoms with E-state index < -0.39 is 22.6 Å². The van der Waals surface area contributed by atoms with Gasteiger partial charge in [-0.1, -0.05) is 54.6 Å². The lowest BCUT2D eigenvalue weighted by molar-refractivity contribution is -0.124. The van der Waals surface area contributed by atoms with Gasteiger partial charge in [0, 0.05) is 23.4 Å². The summed E-state index contributed by atoms with van der Waals surface area (Å²) in [4.78, 5) is 34.0. The predicted octanol–water partition coefficient (Wildman–Crippen LogP) is 5.61. The largest absolute Gasteiger partial charge is 0.476 e. The van der Waals surface area contributed by atoms with E-state index in [0.717, 1.165) is 60.2 Å². The molecule has 2 fully saturated rings. The third-order valence-electron chi connectivity index (χ3n) is 8.05. The molecule has 41 heavy (non-hydrogen) atoms. The van der Waals surface area contributed by atoms with Gasteiger partial charge in [0.2, 0.25) is 17.6 Å². The number of rotatable bonds is 8. The zero-order valence-electron chi connectivity index (χ0n) is 23.6. The highest BCUT2D eigenvalue weighted by Crippen LogP contribution is 2.45. The van der Waals surface area contributed by atoms with Crippen LogP contribution in [0, 0.1) is 5.41 Å².